The Hall–Kier alpha value is -2.05. The van der Waals surface area contributed by atoms with Crippen LogP contribution in [-0.4, -0.2) is 25.0 Å². The van der Waals surface area contributed by atoms with Gasteiger partial charge in [-0.3, -0.25) is 9.59 Å². The molecule has 0 aliphatic rings. The highest BCUT2D eigenvalue weighted by atomic mass is 35.5. The Morgan fingerprint density at radius 2 is 2.00 bits per heavy atom. The number of hydrogen-bond donors (Lipinski definition) is 2. The first-order chi connectivity index (χ1) is 11.4. The van der Waals surface area contributed by atoms with E-state index in [1.807, 2.05) is 19.2 Å². The summed E-state index contributed by atoms with van der Waals surface area (Å²) < 4.78 is 5.22. The third-order valence-electron chi connectivity index (χ3n) is 3.40. The molecule has 24 heavy (non-hydrogen) atoms. The van der Waals surface area contributed by atoms with Crippen LogP contribution >= 0.6 is 22.9 Å². The maximum atomic E-state index is 12.6. The van der Waals surface area contributed by atoms with E-state index in [0.717, 1.165) is 0 Å². The van der Waals surface area contributed by atoms with Crippen molar-refractivity contribution in [3.05, 3.63) is 45.6 Å². The summed E-state index contributed by atoms with van der Waals surface area (Å²) in [6, 6.07) is 7.79. The van der Waals surface area contributed by atoms with Crippen LogP contribution in [0.15, 0.2) is 35.7 Å². The number of hydrogen-bond acceptors (Lipinski definition) is 4. The number of ether oxygens (including phenoxy) is 1. The largest absolute Gasteiger partial charge is 0.495 e. The molecule has 0 radical (unpaired) electrons. The van der Waals surface area contributed by atoms with E-state index in [2.05, 4.69) is 10.6 Å². The van der Waals surface area contributed by atoms with Crippen LogP contribution in [0.3, 0.4) is 0 Å². The zero-order valence-corrected chi connectivity index (χ0v) is 15.2. The number of rotatable bonds is 6. The number of carbonyl (C=O) groups is 2. The van der Waals surface area contributed by atoms with Gasteiger partial charge in [-0.1, -0.05) is 31.5 Å². The summed E-state index contributed by atoms with van der Waals surface area (Å²) in [5.74, 6) is -0.175. The summed E-state index contributed by atoms with van der Waals surface area (Å²) in [4.78, 5) is 25.4. The van der Waals surface area contributed by atoms with Gasteiger partial charge >= 0.3 is 0 Å². The number of anilines is 1. The fourth-order valence-corrected chi connectivity index (χ4v) is 2.94. The van der Waals surface area contributed by atoms with E-state index in [-0.39, 0.29) is 17.7 Å². The highest BCUT2D eigenvalue weighted by molar-refractivity contribution is 7.12. The molecule has 2 rings (SSSR count). The average Bonchev–Trinajstić information content (AvgIpc) is 3.06. The summed E-state index contributed by atoms with van der Waals surface area (Å²) in [5.41, 5.74) is 0.464. The van der Waals surface area contributed by atoms with Crippen molar-refractivity contribution < 1.29 is 14.3 Å². The van der Waals surface area contributed by atoms with Crippen molar-refractivity contribution in [2.45, 2.75) is 19.9 Å². The zero-order valence-electron chi connectivity index (χ0n) is 13.6. The Bertz CT molecular complexity index is 717. The van der Waals surface area contributed by atoms with E-state index >= 15 is 0 Å². The van der Waals surface area contributed by atoms with Gasteiger partial charge in [0.2, 0.25) is 5.91 Å². The number of carbonyl (C=O) groups excluding carboxylic acids is 2. The van der Waals surface area contributed by atoms with Crippen LogP contribution < -0.4 is 15.4 Å². The lowest BCUT2D eigenvalue weighted by Crippen LogP contribution is -2.47. The molecule has 1 aromatic carbocycles. The number of amides is 2. The van der Waals surface area contributed by atoms with Gasteiger partial charge in [-0.15, -0.1) is 11.3 Å². The molecule has 1 aromatic heterocycles. The van der Waals surface area contributed by atoms with Crippen molar-refractivity contribution in [1.29, 1.82) is 0 Å². The zero-order chi connectivity index (χ0) is 17.7. The quantitative estimate of drug-likeness (QED) is 0.817. The average molecular weight is 367 g/mol. The van der Waals surface area contributed by atoms with Crippen LogP contribution in [0.5, 0.6) is 5.75 Å². The minimum atomic E-state index is -0.678. The Balaban J connectivity index is 2.15. The first kappa shape index (κ1) is 18.3. The Morgan fingerprint density at radius 3 is 2.58 bits per heavy atom. The van der Waals surface area contributed by atoms with Gasteiger partial charge < -0.3 is 15.4 Å². The maximum Gasteiger partial charge on any atom is 0.262 e. The molecule has 0 unspecified atom stereocenters. The van der Waals surface area contributed by atoms with Crippen LogP contribution in [0.1, 0.15) is 23.5 Å². The second-order valence-electron chi connectivity index (χ2n) is 5.51. The van der Waals surface area contributed by atoms with Crippen molar-refractivity contribution in [3.8, 4) is 5.75 Å². The van der Waals surface area contributed by atoms with Crippen molar-refractivity contribution in [2.24, 2.45) is 5.92 Å². The molecule has 2 N–H and O–H groups in total. The molecule has 1 heterocycles. The fraction of sp³-hybridized carbons (Fsp3) is 0.294. The Morgan fingerprint density at radius 1 is 1.25 bits per heavy atom. The molecule has 0 aliphatic heterocycles. The monoisotopic (exact) mass is 366 g/mol. The number of methoxy groups -OCH3 is 1. The highest BCUT2D eigenvalue weighted by Gasteiger charge is 2.25. The molecule has 5 nitrogen and oxygen atoms in total. The van der Waals surface area contributed by atoms with Gasteiger partial charge in [0.25, 0.3) is 5.91 Å². The van der Waals surface area contributed by atoms with E-state index in [1.165, 1.54) is 18.4 Å². The lowest BCUT2D eigenvalue weighted by molar-refractivity contribution is -0.118. The molecule has 0 spiro atoms. The van der Waals surface area contributed by atoms with E-state index in [4.69, 9.17) is 16.3 Å². The van der Waals surface area contributed by atoms with Crippen LogP contribution in [0.2, 0.25) is 5.02 Å². The first-order valence-electron chi connectivity index (χ1n) is 7.41. The van der Waals surface area contributed by atoms with Crippen LogP contribution in [0, 0.1) is 5.92 Å². The predicted molar refractivity (Wildman–Crippen MR) is 97.0 cm³/mol. The van der Waals surface area contributed by atoms with Gasteiger partial charge in [-0.25, -0.2) is 0 Å². The summed E-state index contributed by atoms with van der Waals surface area (Å²) >= 11 is 7.30. The smallest absolute Gasteiger partial charge is 0.262 e. The predicted octanol–water partition coefficient (Wildman–Crippen LogP) is 3.80. The van der Waals surface area contributed by atoms with Crippen LogP contribution in [0.25, 0.3) is 0 Å². The fourth-order valence-electron chi connectivity index (χ4n) is 2.14. The van der Waals surface area contributed by atoms with Crippen molar-refractivity contribution >= 4 is 40.4 Å². The van der Waals surface area contributed by atoms with E-state index < -0.39 is 6.04 Å². The van der Waals surface area contributed by atoms with Crippen LogP contribution in [0.4, 0.5) is 5.69 Å². The Labute approximate surface area is 150 Å². The number of halogens is 1. The molecule has 1 atom stereocenters. The second kappa shape index (κ2) is 8.17. The SMILES string of the molecule is COc1ccc(Cl)cc1NC(=O)[C@@H](NC(=O)c1cccs1)C(C)C. The van der Waals surface area contributed by atoms with Gasteiger partial charge in [0, 0.05) is 5.02 Å². The van der Waals surface area contributed by atoms with Gasteiger partial charge in [0.15, 0.2) is 0 Å². The third kappa shape index (κ3) is 4.49. The molecule has 0 fully saturated rings. The molecule has 128 valence electrons. The van der Waals surface area contributed by atoms with Gasteiger partial charge in [-0.2, -0.15) is 0 Å². The van der Waals surface area contributed by atoms with E-state index in [9.17, 15) is 9.59 Å². The number of benzene rings is 1. The summed E-state index contributed by atoms with van der Waals surface area (Å²) in [6.07, 6.45) is 0. The molecule has 2 aromatic rings. The molecule has 0 bridgehead atoms. The standard InChI is InChI=1S/C17H19ClN2O3S/c1-10(2)15(20-16(21)14-5-4-8-24-14)17(22)19-12-9-11(18)6-7-13(12)23-3/h4-10,15H,1-3H3,(H,19,22)(H,20,21)/t15-/m0/s1. The molecule has 2 amide bonds. The normalized spacial score (nSPS) is 11.9. The number of nitrogens with one attached hydrogen (secondary N) is 2. The van der Waals surface area contributed by atoms with Crippen LogP contribution in [-0.2, 0) is 4.79 Å². The molecule has 7 heteroatoms. The summed E-state index contributed by atoms with van der Waals surface area (Å²) in [5, 5.41) is 7.85. The summed E-state index contributed by atoms with van der Waals surface area (Å²) in [7, 11) is 1.51. The van der Waals surface area contributed by atoms with Crippen molar-refractivity contribution in [1.82, 2.24) is 5.32 Å². The summed E-state index contributed by atoms with van der Waals surface area (Å²) in [6.45, 7) is 3.74. The molecule has 0 saturated carbocycles. The van der Waals surface area contributed by atoms with E-state index in [0.29, 0.717) is 21.3 Å². The molecular weight excluding hydrogens is 348 g/mol. The number of thiophene rings is 1. The van der Waals surface area contributed by atoms with Gasteiger partial charge in [0.1, 0.15) is 11.8 Å². The topological polar surface area (TPSA) is 67.4 Å². The lowest BCUT2D eigenvalue weighted by Gasteiger charge is -2.22. The minimum absolute atomic E-state index is 0.0842. The molecule has 0 aliphatic carbocycles. The van der Waals surface area contributed by atoms with E-state index in [1.54, 1.807) is 30.3 Å². The Kier molecular flexibility index (Phi) is 6.23. The lowest BCUT2D eigenvalue weighted by atomic mass is 10.0. The minimum Gasteiger partial charge on any atom is -0.495 e. The second-order valence-corrected chi connectivity index (χ2v) is 6.89. The first-order valence-corrected chi connectivity index (χ1v) is 8.67. The molecular formula is C17H19ClN2O3S. The van der Waals surface area contributed by atoms with Crippen molar-refractivity contribution in [2.75, 3.05) is 12.4 Å². The molecule has 0 saturated heterocycles. The third-order valence-corrected chi connectivity index (χ3v) is 4.50. The highest BCUT2D eigenvalue weighted by Crippen LogP contribution is 2.28. The van der Waals surface area contributed by atoms with Gasteiger partial charge in [-0.05, 0) is 35.6 Å². The van der Waals surface area contributed by atoms with Gasteiger partial charge in [0.05, 0.1) is 17.7 Å². The maximum absolute atomic E-state index is 12.6. The van der Waals surface area contributed by atoms with Crippen molar-refractivity contribution in [3.63, 3.8) is 0 Å².